The molecule has 0 unspecified atom stereocenters. The maximum Gasteiger partial charge on any atom is 0.191 e. The van der Waals surface area contributed by atoms with Gasteiger partial charge in [0.15, 0.2) is 8.32 Å². The average molecular weight is 303 g/mol. The van der Waals surface area contributed by atoms with Gasteiger partial charge in [-0.25, -0.2) is 0 Å². The number of aliphatic hydroxyl groups excluding tert-OH is 1. The zero-order chi connectivity index (χ0) is 15.2. The molecule has 0 amide bonds. The van der Waals surface area contributed by atoms with Gasteiger partial charge in [0, 0.05) is 39.4 Å². The predicted octanol–water partition coefficient (Wildman–Crippen LogP) is 2.36. The van der Waals surface area contributed by atoms with Crippen LogP contribution in [0.2, 0.25) is 18.1 Å². The number of aliphatic hydroxyl groups is 1. The molecule has 4 nitrogen and oxygen atoms in total. The van der Waals surface area contributed by atoms with Crippen molar-refractivity contribution >= 4 is 8.32 Å². The molecule has 5 heteroatoms. The number of hydrogen-bond donors (Lipinski definition) is 1. The lowest BCUT2D eigenvalue weighted by atomic mass is 10.2. The molecule has 0 saturated carbocycles. The fraction of sp³-hybridized carbons (Fsp3) is 1.00. The van der Waals surface area contributed by atoms with Crippen LogP contribution in [-0.2, 0) is 4.43 Å². The molecule has 1 N–H and O–H groups in total. The molecule has 0 radical (unpaired) electrons. The van der Waals surface area contributed by atoms with E-state index in [4.69, 9.17) is 9.53 Å². The SMILES string of the molecule is CC(C)(C)[Si](C)(C)OCCCN1CCN(CCCO)C1. The summed E-state index contributed by atoms with van der Waals surface area (Å²) in [6.45, 7) is 18.2. The van der Waals surface area contributed by atoms with Crippen molar-refractivity contribution in [1.82, 2.24) is 9.80 Å². The van der Waals surface area contributed by atoms with Crippen LogP contribution >= 0.6 is 0 Å². The van der Waals surface area contributed by atoms with Gasteiger partial charge in [-0.3, -0.25) is 9.80 Å². The largest absolute Gasteiger partial charge is 0.417 e. The van der Waals surface area contributed by atoms with Crippen molar-refractivity contribution in [2.24, 2.45) is 0 Å². The van der Waals surface area contributed by atoms with Crippen LogP contribution in [0.1, 0.15) is 33.6 Å². The van der Waals surface area contributed by atoms with E-state index in [0.29, 0.717) is 11.6 Å². The first kappa shape index (κ1) is 18.1. The van der Waals surface area contributed by atoms with Crippen molar-refractivity contribution in [3.63, 3.8) is 0 Å². The summed E-state index contributed by atoms with van der Waals surface area (Å²) < 4.78 is 6.21. The van der Waals surface area contributed by atoms with Gasteiger partial charge in [-0.05, 0) is 31.0 Å². The molecule has 0 atom stereocenters. The zero-order valence-corrected chi connectivity index (χ0v) is 15.1. The van der Waals surface area contributed by atoms with Gasteiger partial charge >= 0.3 is 0 Å². The lowest BCUT2D eigenvalue weighted by Gasteiger charge is -2.36. The molecule has 20 heavy (non-hydrogen) atoms. The molecule has 0 bridgehead atoms. The average Bonchev–Trinajstić information content (AvgIpc) is 2.78. The van der Waals surface area contributed by atoms with E-state index in [-0.39, 0.29) is 0 Å². The zero-order valence-electron chi connectivity index (χ0n) is 14.1. The topological polar surface area (TPSA) is 35.9 Å². The van der Waals surface area contributed by atoms with Crippen molar-refractivity contribution in [3.8, 4) is 0 Å². The van der Waals surface area contributed by atoms with Gasteiger partial charge in [0.1, 0.15) is 0 Å². The van der Waals surface area contributed by atoms with Crippen LogP contribution in [-0.4, -0.2) is 69.3 Å². The smallest absolute Gasteiger partial charge is 0.191 e. The third-order valence-corrected chi connectivity index (χ3v) is 9.19. The Morgan fingerprint density at radius 3 is 2.10 bits per heavy atom. The van der Waals surface area contributed by atoms with Crippen molar-refractivity contribution in [2.45, 2.75) is 51.7 Å². The maximum absolute atomic E-state index is 8.85. The van der Waals surface area contributed by atoms with Gasteiger partial charge in [0.2, 0.25) is 0 Å². The monoisotopic (exact) mass is 302 g/mol. The Labute approximate surface area is 126 Å². The lowest BCUT2D eigenvalue weighted by Crippen LogP contribution is -2.41. The quantitative estimate of drug-likeness (QED) is 0.551. The van der Waals surface area contributed by atoms with E-state index >= 15 is 0 Å². The van der Waals surface area contributed by atoms with E-state index in [9.17, 15) is 0 Å². The van der Waals surface area contributed by atoms with Crippen molar-refractivity contribution in [3.05, 3.63) is 0 Å². The summed E-state index contributed by atoms with van der Waals surface area (Å²) >= 11 is 0. The predicted molar refractivity (Wildman–Crippen MR) is 87.5 cm³/mol. The molecule has 1 fully saturated rings. The minimum Gasteiger partial charge on any atom is -0.417 e. The van der Waals surface area contributed by atoms with Gasteiger partial charge in [-0.1, -0.05) is 20.8 Å². The molecule has 0 aromatic heterocycles. The normalized spacial score (nSPS) is 18.9. The number of rotatable bonds is 8. The second kappa shape index (κ2) is 7.89. The molecule has 120 valence electrons. The minimum absolute atomic E-state index is 0.302. The van der Waals surface area contributed by atoms with Gasteiger partial charge in [0.05, 0.1) is 6.67 Å². The van der Waals surface area contributed by atoms with Crippen LogP contribution < -0.4 is 0 Å². The highest BCUT2D eigenvalue weighted by Gasteiger charge is 2.36. The van der Waals surface area contributed by atoms with Crippen molar-refractivity contribution < 1.29 is 9.53 Å². The molecular weight excluding hydrogens is 268 g/mol. The molecule has 0 aromatic carbocycles. The van der Waals surface area contributed by atoms with Crippen LogP contribution in [0.3, 0.4) is 0 Å². The first-order chi connectivity index (χ1) is 9.26. The molecular formula is C15H34N2O2Si. The Morgan fingerprint density at radius 1 is 1.05 bits per heavy atom. The molecule has 1 aliphatic heterocycles. The second-order valence-electron chi connectivity index (χ2n) is 7.42. The molecule has 0 spiro atoms. The molecule has 1 aliphatic rings. The van der Waals surface area contributed by atoms with Gasteiger partial charge in [0.25, 0.3) is 0 Å². The number of nitrogens with zero attached hydrogens (tertiary/aromatic N) is 2. The van der Waals surface area contributed by atoms with E-state index in [0.717, 1.165) is 52.3 Å². The Bertz CT molecular complexity index is 280. The molecule has 1 rings (SSSR count). The third-order valence-electron chi connectivity index (χ3n) is 4.65. The van der Waals surface area contributed by atoms with Crippen LogP contribution in [0.25, 0.3) is 0 Å². The highest BCUT2D eigenvalue weighted by Crippen LogP contribution is 2.36. The Kier molecular flexibility index (Phi) is 7.15. The van der Waals surface area contributed by atoms with Crippen molar-refractivity contribution in [1.29, 1.82) is 0 Å². The summed E-state index contributed by atoms with van der Waals surface area (Å²) in [4.78, 5) is 4.91. The Morgan fingerprint density at radius 2 is 1.60 bits per heavy atom. The van der Waals surface area contributed by atoms with Gasteiger partial charge < -0.3 is 9.53 Å². The molecule has 0 aromatic rings. The standard InChI is InChI=1S/C15H34N2O2Si/c1-15(2,3)20(4,5)19-13-7-9-17-11-10-16(14-17)8-6-12-18/h18H,6-14H2,1-5H3. The second-order valence-corrected chi connectivity index (χ2v) is 12.2. The fourth-order valence-corrected chi connectivity index (χ4v) is 3.29. The highest BCUT2D eigenvalue weighted by atomic mass is 28.4. The molecule has 1 saturated heterocycles. The maximum atomic E-state index is 8.85. The van der Waals surface area contributed by atoms with E-state index < -0.39 is 8.32 Å². The highest BCUT2D eigenvalue weighted by molar-refractivity contribution is 6.74. The Balaban J connectivity index is 2.14. The van der Waals surface area contributed by atoms with E-state index in [2.05, 4.69) is 43.7 Å². The van der Waals surface area contributed by atoms with Crippen molar-refractivity contribution in [2.75, 3.05) is 46.1 Å². The van der Waals surface area contributed by atoms with Gasteiger partial charge in [-0.2, -0.15) is 0 Å². The summed E-state index contributed by atoms with van der Waals surface area (Å²) in [6.07, 6.45) is 2.02. The van der Waals surface area contributed by atoms with E-state index in [1.54, 1.807) is 0 Å². The molecule has 1 heterocycles. The summed E-state index contributed by atoms with van der Waals surface area (Å²) in [5.41, 5.74) is 0. The first-order valence-electron chi connectivity index (χ1n) is 7.96. The van der Waals surface area contributed by atoms with Crippen LogP contribution in [0.4, 0.5) is 0 Å². The van der Waals surface area contributed by atoms with Crippen LogP contribution in [0, 0.1) is 0 Å². The summed E-state index contributed by atoms with van der Waals surface area (Å²) in [6, 6.07) is 0. The number of hydrogen-bond acceptors (Lipinski definition) is 4. The van der Waals surface area contributed by atoms with E-state index in [1.807, 2.05) is 0 Å². The summed E-state index contributed by atoms with van der Waals surface area (Å²) in [5, 5.41) is 9.16. The first-order valence-corrected chi connectivity index (χ1v) is 10.9. The van der Waals surface area contributed by atoms with E-state index in [1.165, 1.54) is 0 Å². The van der Waals surface area contributed by atoms with Gasteiger partial charge in [-0.15, -0.1) is 0 Å². The summed E-state index contributed by atoms with van der Waals surface area (Å²) in [7, 11) is -1.57. The summed E-state index contributed by atoms with van der Waals surface area (Å²) in [5.74, 6) is 0. The minimum atomic E-state index is -1.57. The molecule has 0 aliphatic carbocycles. The van der Waals surface area contributed by atoms with Crippen LogP contribution in [0.15, 0.2) is 0 Å². The van der Waals surface area contributed by atoms with Crippen LogP contribution in [0.5, 0.6) is 0 Å². The fourth-order valence-electron chi connectivity index (χ4n) is 2.20. The lowest BCUT2D eigenvalue weighted by molar-refractivity contribution is 0.203. The Hall–Kier alpha value is 0.0569. The third kappa shape index (κ3) is 5.82.